The molecular formula is C21H24N2O3S. The van der Waals surface area contributed by atoms with Crippen molar-refractivity contribution in [3.63, 3.8) is 0 Å². The van der Waals surface area contributed by atoms with Crippen molar-refractivity contribution in [2.45, 2.75) is 39.0 Å². The largest absolute Gasteiger partial charge is 0.481 e. The van der Waals surface area contributed by atoms with Gasteiger partial charge in [-0.05, 0) is 43.9 Å². The lowest BCUT2D eigenvalue weighted by Gasteiger charge is -2.45. The highest BCUT2D eigenvalue weighted by Crippen LogP contribution is 2.49. The van der Waals surface area contributed by atoms with Crippen LogP contribution < -0.4 is 5.32 Å². The zero-order chi connectivity index (χ0) is 19.0. The van der Waals surface area contributed by atoms with E-state index < -0.39 is 17.8 Å². The minimum Gasteiger partial charge on any atom is -0.481 e. The number of carboxylic acid groups (broad SMARTS) is 1. The van der Waals surface area contributed by atoms with Crippen LogP contribution in [0.4, 0.5) is 5.13 Å². The van der Waals surface area contributed by atoms with Crippen molar-refractivity contribution in [1.82, 2.24) is 4.98 Å². The van der Waals surface area contributed by atoms with Gasteiger partial charge in [-0.3, -0.25) is 9.59 Å². The standard InChI is InChI=1S/C21H24N2O3S/c1-2-15-18(14-6-4-3-5-7-14)22-21(27-15)23-19(24)16-12-8-10-13(11-9-12)17(16)20(25)26/h3-7,12-13,16-17H,2,8-11H2,1H3,(H,25,26)(H,22,23,24)/t12?,13?,16-,17-/m1/s1. The number of fused-ring (bicyclic) bond motifs is 3. The fourth-order valence-corrected chi connectivity index (χ4v) is 5.76. The molecule has 1 aromatic heterocycles. The van der Waals surface area contributed by atoms with E-state index >= 15 is 0 Å². The lowest BCUT2D eigenvalue weighted by atomic mass is 9.58. The van der Waals surface area contributed by atoms with E-state index in [1.807, 2.05) is 30.3 Å². The number of carbonyl (C=O) groups is 2. The van der Waals surface area contributed by atoms with Crippen molar-refractivity contribution in [2.75, 3.05) is 5.32 Å². The number of carboxylic acids is 1. The van der Waals surface area contributed by atoms with Crippen LogP contribution in [-0.4, -0.2) is 22.0 Å². The Morgan fingerprint density at radius 1 is 1.11 bits per heavy atom. The van der Waals surface area contributed by atoms with Crippen molar-refractivity contribution in [3.05, 3.63) is 35.2 Å². The fraction of sp³-hybridized carbons (Fsp3) is 0.476. The number of aliphatic carboxylic acids is 1. The quantitative estimate of drug-likeness (QED) is 0.798. The molecule has 3 aliphatic carbocycles. The molecule has 0 aliphatic heterocycles. The van der Waals surface area contributed by atoms with Crippen LogP contribution in [-0.2, 0) is 16.0 Å². The molecule has 2 N–H and O–H groups in total. The number of carbonyl (C=O) groups excluding carboxylic acids is 1. The topological polar surface area (TPSA) is 79.3 Å². The SMILES string of the molecule is CCc1sc(NC(=O)[C@@H]2C3CCC(CC3)[C@H]2C(=O)O)nc1-c1ccccc1. The summed E-state index contributed by atoms with van der Waals surface area (Å²) in [5.41, 5.74) is 1.93. The van der Waals surface area contributed by atoms with Gasteiger partial charge in [0.2, 0.25) is 5.91 Å². The maximum absolute atomic E-state index is 13.0. The molecule has 3 aliphatic rings. The third-order valence-corrected chi connectivity index (χ3v) is 7.22. The Morgan fingerprint density at radius 3 is 2.33 bits per heavy atom. The first kappa shape index (κ1) is 18.2. The van der Waals surface area contributed by atoms with E-state index in [1.165, 1.54) is 11.3 Å². The Labute approximate surface area is 162 Å². The summed E-state index contributed by atoms with van der Waals surface area (Å²) in [5, 5.41) is 13.2. The molecule has 2 aromatic rings. The van der Waals surface area contributed by atoms with Crippen molar-refractivity contribution in [1.29, 1.82) is 0 Å². The maximum Gasteiger partial charge on any atom is 0.307 e. The van der Waals surface area contributed by atoms with Crippen LogP contribution >= 0.6 is 11.3 Å². The highest BCUT2D eigenvalue weighted by molar-refractivity contribution is 7.16. The highest BCUT2D eigenvalue weighted by atomic mass is 32.1. The highest BCUT2D eigenvalue weighted by Gasteiger charge is 2.50. The molecule has 1 heterocycles. The average Bonchev–Trinajstić information content (AvgIpc) is 3.11. The number of rotatable bonds is 5. The van der Waals surface area contributed by atoms with Gasteiger partial charge in [-0.15, -0.1) is 11.3 Å². The summed E-state index contributed by atoms with van der Waals surface area (Å²) in [6.45, 7) is 2.08. The zero-order valence-electron chi connectivity index (χ0n) is 15.4. The number of amides is 1. The van der Waals surface area contributed by atoms with Crippen LogP contribution in [0, 0.1) is 23.7 Å². The molecule has 2 atom stereocenters. The Bertz CT molecular complexity index is 840. The number of anilines is 1. The monoisotopic (exact) mass is 384 g/mol. The third kappa shape index (κ3) is 3.38. The summed E-state index contributed by atoms with van der Waals surface area (Å²) in [4.78, 5) is 30.6. The Balaban J connectivity index is 1.58. The summed E-state index contributed by atoms with van der Waals surface area (Å²) in [6, 6.07) is 9.94. The van der Waals surface area contributed by atoms with Crippen LogP contribution in [0.25, 0.3) is 11.3 Å². The minimum absolute atomic E-state index is 0.130. The van der Waals surface area contributed by atoms with E-state index in [1.54, 1.807) is 0 Å². The van der Waals surface area contributed by atoms with Crippen LogP contribution in [0.1, 0.15) is 37.5 Å². The predicted molar refractivity (Wildman–Crippen MR) is 106 cm³/mol. The Kier molecular flexibility index (Phi) is 5.00. The maximum atomic E-state index is 13.0. The second kappa shape index (κ2) is 7.43. The molecule has 0 radical (unpaired) electrons. The molecular weight excluding hydrogens is 360 g/mol. The van der Waals surface area contributed by atoms with Gasteiger partial charge in [-0.25, -0.2) is 4.98 Å². The first-order valence-electron chi connectivity index (χ1n) is 9.67. The molecule has 0 spiro atoms. The van der Waals surface area contributed by atoms with E-state index in [0.29, 0.717) is 5.13 Å². The first-order valence-corrected chi connectivity index (χ1v) is 10.5. The summed E-state index contributed by atoms with van der Waals surface area (Å²) in [5.74, 6) is -1.70. The number of hydrogen-bond acceptors (Lipinski definition) is 4. The molecule has 3 saturated carbocycles. The number of nitrogens with one attached hydrogen (secondary N) is 1. The second-order valence-electron chi connectivity index (χ2n) is 7.56. The minimum atomic E-state index is -0.831. The van der Waals surface area contributed by atoms with E-state index in [2.05, 4.69) is 17.2 Å². The average molecular weight is 385 g/mol. The van der Waals surface area contributed by atoms with E-state index in [-0.39, 0.29) is 17.7 Å². The van der Waals surface area contributed by atoms with Crippen molar-refractivity contribution in [2.24, 2.45) is 23.7 Å². The molecule has 0 saturated heterocycles. The first-order chi connectivity index (χ1) is 13.1. The van der Waals surface area contributed by atoms with E-state index in [4.69, 9.17) is 0 Å². The predicted octanol–water partition coefficient (Wildman–Crippen LogP) is 4.45. The van der Waals surface area contributed by atoms with Crippen LogP contribution in [0.5, 0.6) is 0 Å². The van der Waals surface area contributed by atoms with Gasteiger partial charge < -0.3 is 10.4 Å². The molecule has 3 fully saturated rings. The molecule has 6 heteroatoms. The van der Waals surface area contributed by atoms with Gasteiger partial charge in [0.05, 0.1) is 17.5 Å². The molecule has 1 aromatic carbocycles. The van der Waals surface area contributed by atoms with Gasteiger partial charge in [0, 0.05) is 10.4 Å². The molecule has 2 bridgehead atoms. The number of thiazole rings is 1. The van der Waals surface area contributed by atoms with Crippen LogP contribution in [0.15, 0.2) is 30.3 Å². The Morgan fingerprint density at radius 2 is 1.74 bits per heavy atom. The smallest absolute Gasteiger partial charge is 0.307 e. The molecule has 5 nitrogen and oxygen atoms in total. The zero-order valence-corrected chi connectivity index (χ0v) is 16.2. The molecule has 142 valence electrons. The van der Waals surface area contributed by atoms with Gasteiger partial charge in [-0.2, -0.15) is 0 Å². The number of hydrogen-bond donors (Lipinski definition) is 2. The summed E-state index contributed by atoms with van der Waals surface area (Å²) in [6.07, 6.45) is 4.62. The normalized spacial score (nSPS) is 26.7. The Hall–Kier alpha value is -2.21. The summed E-state index contributed by atoms with van der Waals surface area (Å²) in [7, 11) is 0. The lowest BCUT2D eigenvalue weighted by Crippen LogP contribution is -2.49. The fourth-order valence-electron chi connectivity index (χ4n) is 4.84. The van der Waals surface area contributed by atoms with Gasteiger partial charge >= 0.3 is 5.97 Å². The number of benzene rings is 1. The van der Waals surface area contributed by atoms with Crippen LogP contribution in [0.3, 0.4) is 0 Å². The van der Waals surface area contributed by atoms with E-state index in [0.717, 1.165) is 48.2 Å². The second-order valence-corrected chi connectivity index (χ2v) is 8.65. The lowest BCUT2D eigenvalue weighted by molar-refractivity contribution is -0.156. The third-order valence-electron chi connectivity index (χ3n) is 6.10. The van der Waals surface area contributed by atoms with Gasteiger partial charge in [0.25, 0.3) is 0 Å². The number of aryl methyl sites for hydroxylation is 1. The van der Waals surface area contributed by atoms with Crippen LogP contribution in [0.2, 0.25) is 0 Å². The van der Waals surface area contributed by atoms with Crippen molar-refractivity contribution in [3.8, 4) is 11.3 Å². The van der Waals surface area contributed by atoms with Gasteiger partial charge in [0.15, 0.2) is 5.13 Å². The molecule has 1 amide bonds. The van der Waals surface area contributed by atoms with Crippen molar-refractivity contribution >= 4 is 28.3 Å². The number of nitrogens with zero attached hydrogens (tertiary/aromatic N) is 1. The van der Waals surface area contributed by atoms with Gasteiger partial charge in [-0.1, -0.05) is 37.3 Å². The molecule has 5 rings (SSSR count). The van der Waals surface area contributed by atoms with Gasteiger partial charge in [0.1, 0.15) is 0 Å². The summed E-state index contributed by atoms with van der Waals surface area (Å²) >= 11 is 1.49. The summed E-state index contributed by atoms with van der Waals surface area (Å²) < 4.78 is 0. The molecule has 0 unspecified atom stereocenters. The van der Waals surface area contributed by atoms with Crippen molar-refractivity contribution < 1.29 is 14.7 Å². The van der Waals surface area contributed by atoms with E-state index in [9.17, 15) is 14.7 Å². The molecule has 27 heavy (non-hydrogen) atoms. The number of aromatic nitrogens is 1.